The smallest absolute Gasteiger partial charge is 0.0303 e. The third kappa shape index (κ3) is 1.64. The normalized spacial score (nSPS) is 8.89. The molecule has 2 heteroatoms. The van der Waals surface area contributed by atoms with Crippen LogP contribution < -0.4 is 0 Å². The van der Waals surface area contributed by atoms with E-state index in [1.807, 2.05) is 12.1 Å². The molecule has 9 heavy (non-hydrogen) atoms. The van der Waals surface area contributed by atoms with Crippen molar-refractivity contribution < 1.29 is 0 Å². The van der Waals surface area contributed by atoms with E-state index in [9.17, 15) is 0 Å². The quantitative estimate of drug-likeness (QED) is 0.586. The molecule has 1 heterocycles. The van der Waals surface area contributed by atoms with E-state index in [0.717, 1.165) is 5.56 Å². The van der Waals surface area contributed by atoms with E-state index in [2.05, 4.69) is 4.98 Å². The van der Waals surface area contributed by atoms with Crippen LogP contribution in [0.1, 0.15) is 5.56 Å². The van der Waals surface area contributed by atoms with Gasteiger partial charge in [-0.05, 0) is 17.8 Å². The van der Waals surface area contributed by atoms with Gasteiger partial charge < -0.3 is 5.41 Å². The first-order chi connectivity index (χ1) is 4.43. The van der Waals surface area contributed by atoms with Gasteiger partial charge in [0.2, 0.25) is 0 Å². The van der Waals surface area contributed by atoms with E-state index in [1.54, 1.807) is 12.4 Å². The Kier molecular flexibility index (Phi) is 1.96. The lowest BCUT2D eigenvalue weighted by molar-refractivity contribution is 1.22. The predicted octanol–water partition coefficient (Wildman–Crippen LogP) is 1.27. The zero-order valence-corrected chi connectivity index (χ0v) is 5.04. The summed E-state index contributed by atoms with van der Waals surface area (Å²) in [5.74, 6) is 0. The zero-order chi connectivity index (χ0) is 6.53. The van der Waals surface area contributed by atoms with E-state index in [1.165, 1.54) is 6.21 Å². The summed E-state index contributed by atoms with van der Waals surface area (Å²) < 4.78 is 0. The van der Waals surface area contributed by atoms with Crippen LogP contribution in [0.4, 0.5) is 0 Å². The van der Waals surface area contributed by atoms with Crippen molar-refractivity contribution in [2.45, 2.75) is 6.42 Å². The summed E-state index contributed by atoms with van der Waals surface area (Å²) in [5.41, 5.74) is 1.09. The van der Waals surface area contributed by atoms with Crippen molar-refractivity contribution in [3.8, 4) is 0 Å². The first-order valence-corrected chi connectivity index (χ1v) is 2.81. The number of nitrogens with zero attached hydrogens (tertiary/aromatic N) is 1. The molecule has 0 saturated heterocycles. The van der Waals surface area contributed by atoms with Crippen LogP contribution in [0.2, 0.25) is 0 Å². The van der Waals surface area contributed by atoms with Gasteiger partial charge in [0, 0.05) is 18.8 Å². The Morgan fingerprint density at radius 1 is 1.67 bits per heavy atom. The van der Waals surface area contributed by atoms with Crippen LogP contribution in [0.5, 0.6) is 0 Å². The average Bonchev–Trinajstić information content (AvgIpc) is 1.91. The lowest BCUT2D eigenvalue weighted by atomic mass is 10.2. The van der Waals surface area contributed by atoms with Crippen LogP contribution in [0.3, 0.4) is 0 Å². The maximum atomic E-state index is 6.79. The number of hydrogen-bond acceptors (Lipinski definition) is 2. The van der Waals surface area contributed by atoms with Gasteiger partial charge in [0.15, 0.2) is 0 Å². The minimum Gasteiger partial charge on any atom is -0.313 e. The molecule has 0 aliphatic heterocycles. The number of rotatable bonds is 2. The summed E-state index contributed by atoms with van der Waals surface area (Å²) in [6.45, 7) is 0. The molecule has 0 unspecified atom stereocenters. The molecule has 46 valence electrons. The van der Waals surface area contributed by atoms with Gasteiger partial charge in [-0.3, -0.25) is 4.98 Å². The Labute approximate surface area is 54.1 Å². The summed E-state index contributed by atoms with van der Waals surface area (Å²) in [7, 11) is 0. The van der Waals surface area contributed by atoms with Crippen molar-refractivity contribution in [3.63, 3.8) is 0 Å². The summed E-state index contributed by atoms with van der Waals surface area (Å²) in [4.78, 5) is 3.90. The zero-order valence-electron chi connectivity index (χ0n) is 5.04. The first-order valence-electron chi connectivity index (χ1n) is 2.81. The second-order valence-corrected chi connectivity index (χ2v) is 1.77. The van der Waals surface area contributed by atoms with E-state index in [-0.39, 0.29) is 0 Å². The van der Waals surface area contributed by atoms with Gasteiger partial charge in [-0.25, -0.2) is 0 Å². The Balaban J connectivity index is 2.72. The van der Waals surface area contributed by atoms with Crippen molar-refractivity contribution >= 4 is 6.21 Å². The van der Waals surface area contributed by atoms with E-state index >= 15 is 0 Å². The Bertz CT molecular complexity index is 181. The first kappa shape index (κ1) is 5.95. The molecule has 0 fully saturated rings. The van der Waals surface area contributed by atoms with Gasteiger partial charge in [-0.2, -0.15) is 0 Å². The lowest BCUT2D eigenvalue weighted by Crippen LogP contribution is -1.83. The highest BCUT2D eigenvalue weighted by atomic mass is 14.6. The molecule has 1 N–H and O–H groups in total. The summed E-state index contributed by atoms with van der Waals surface area (Å²) in [6, 6.07) is 3.83. The van der Waals surface area contributed by atoms with E-state index in [0.29, 0.717) is 6.42 Å². The van der Waals surface area contributed by atoms with Crippen LogP contribution in [-0.4, -0.2) is 11.2 Å². The monoisotopic (exact) mass is 120 g/mol. The molecule has 0 spiro atoms. The summed E-state index contributed by atoms with van der Waals surface area (Å²) in [6.07, 6.45) is 5.56. The van der Waals surface area contributed by atoms with Crippen LogP contribution in [0.25, 0.3) is 0 Å². The molecule has 0 atom stereocenters. The maximum Gasteiger partial charge on any atom is 0.0303 e. The molecular formula is C7H8N2. The molecule has 0 saturated carbocycles. The second kappa shape index (κ2) is 2.97. The summed E-state index contributed by atoms with van der Waals surface area (Å²) >= 11 is 0. The topological polar surface area (TPSA) is 36.7 Å². The number of nitrogens with one attached hydrogen (secondary N) is 1. The fourth-order valence-corrected chi connectivity index (χ4v) is 0.637. The van der Waals surface area contributed by atoms with Crippen molar-refractivity contribution in [1.29, 1.82) is 5.41 Å². The highest BCUT2D eigenvalue weighted by Gasteiger charge is 1.84. The molecule has 0 radical (unpaired) electrons. The van der Waals surface area contributed by atoms with E-state index in [4.69, 9.17) is 5.41 Å². The van der Waals surface area contributed by atoms with Crippen molar-refractivity contribution in [2.24, 2.45) is 0 Å². The molecule has 0 aliphatic rings. The van der Waals surface area contributed by atoms with Crippen molar-refractivity contribution in [3.05, 3.63) is 30.1 Å². The molecule has 0 aromatic carbocycles. The van der Waals surface area contributed by atoms with Gasteiger partial charge in [-0.15, -0.1) is 0 Å². The minimum absolute atomic E-state index is 0.688. The van der Waals surface area contributed by atoms with Crippen LogP contribution >= 0.6 is 0 Å². The molecular weight excluding hydrogens is 112 g/mol. The SMILES string of the molecule is N=CCc1cccnc1. The van der Waals surface area contributed by atoms with Gasteiger partial charge in [0.05, 0.1) is 0 Å². The highest BCUT2D eigenvalue weighted by Crippen LogP contribution is 1.93. The Morgan fingerprint density at radius 2 is 2.56 bits per heavy atom. The predicted molar refractivity (Wildman–Crippen MR) is 36.7 cm³/mol. The highest BCUT2D eigenvalue weighted by molar-refractivity contribution is 5.57. The number of hydrogen-bond donors (Lipinski definition) is 1. The van der Waals surface area contributed by atoms with Crippen LogP contribution in [0, 0.1) is 5.41 Å². The molecule has 0 aliphatic carbocycles. The van der Waals surface area contributed by atoms with Crippen LogP contribution in [0.15, 0.2) is 24.5 Å². The molecule has 1 aromatic rings. The Hall–Kier alpha value is -1.18. The van der Waals surface area contributed by atoms with E-state index < -0.39 is 0 Å². The second-order valence-electron chi connectivity index (χ2n) is 1.77. The van der Waals surface area contributed by atoms with Crippen molar-refractivity contribution in [2.75, 3.05) is 0 Å². The standard InChI is InChI=1S/C7H8N2/c8-4-3-7-2-1-5-9-6-7/h1-2,4-6,8H,3H2. The summed E-state index contributed by atoms with van der Waals surface area (Å²) in [5, 5.41) is 6.79. The Morgan fingerprint density at radius 3 is 3.11 bits per heavy atom. The average molecular weight is 120 g/mol. The van der Waals surface area contributed by atoms with Gasteiger partial charge in [-0.1, -0.05) is 6.07 Å². The fourth-order valence-electron chi connectivity index (χ4n) is 0.637. The van der Waals surface area contributed by atoms with Gasteiger partial charge in [0.25, 0.3) is 0 Å². The largest absolute Gasteiger partial charge is 0.313 e. The molecule has 1 rings (SSSR count). The van der Waals surface area contributed by atoms with Crippen LogP contribution in [-0.2, 0) is 6.42 Å². The molecule has 2 nitrogen and oxygen atoms in total. The molecule has 0 amide bonds. The lowest BCUT2D eigenvalue weighted by Gasteiger charge is -1.89. The molecule has 0 bridgehead atoms. The fraction of sp³-hybridized carbons (Fsp3) is 0.143. The minimum atomic E-state index is 0.688. The molecule has 1 aromatic heterocycles. The van der Waals surface area contributed by atoms with Gasteiger partial charge in [0.1, 0.15) is 0 Å². The number of pyridine rings is 1. The third-order valence-electron chi connectivity index (χ3n) is 1.06. The van der Waals surface area contributed by atoms with Crippen molar-refractivity contribution in [1.82, 2.24) is 4.98 Å². The third-order valence-corrected chi connectivity index (χ3v) is 1.06. The maximum absolute atomic E-state index is 6.79. The van der Waals surface area contributed by atoms with Gasteiger partial charge >= 0.3 is 0 Å². The number of aromatic nitrogens is 1.